The van der Waals surface area contributed by atoms with Crippen molar-refractivity contribution in [3.8, 4) is 0 Å². The second-order valence-electron chi connectivity index (χ2n) is 5.15. The lowest BCUT2D eigenvalue weighted by Gasteiger charge is -2.31. The monoisotopic (exact) mass is 307 g/mol. The van der Waals surface area contributed by atoms with Gasteiger partial charge in [0.05, 0.1) is 18.8 Å². The third-order valence-corrected chi connectivity index (χ3v) is 3.49. The second-order valence-corrected chi connectivity index (χ2v) is 5.15. The maximum atomic E-state index is 12.3. The number of amides is 2. The van der Waals surface area contributed by atoms with E-state index in [-0.39, 0.29) is 24.7 Å². The lowest BCUT2D eigenvalue weighted by atomic mass is 10.1. The molecule has 1 aliphatic rings. The number of rotatable bonds is 6. The first-order valence-corrected chi connectivity index (χ1v) is 7.33. The van der Waals surface area contributed by atoms with Crippen molar-refractivity contribution in [2.45, 2.75) is 31.9 Å². The maximum Gasteiger partial charge on any atom is 0.251 e. The fourth-order valence-corrected chi connectivity index (χ4v) is 2.31. The first kappa shape index (κ1) is 16.4. The van der Waals surface area contributed by atoms with Crippen molar-refractivity contribution in [2.24, 2.45) is 5.73 Å². The summed E-state index contributed by atoms with van der Waals surface area (Å²) in [6.07, 6.45) is 2.71. The van der Waals surface area contributed by atoms with Crippen LogP contribution in [0.1, 0.15) is 29.4 Å². The van der Waals surface area contributed by atoms with E-state index in [0.717, 1.165) is 12.1 Å². The van der Waals surface area contributed by atoms with E-state index in [9.17, 15) is 9.59 Å². The maximum absolute atomic E-state index is 12.3. The van der Waals surface area contributed by atoms with Gasteiger partial charge in [0.25, 0.3) is 5.91 Å². The Hall–Kier alpha value is -1.99. The molecular weight excluding hydrogens is 286 g/mol. The molecule has 1 aliphatic heterocycles. The van der Waals surface area contributed by atoms with Gasteiger partial charge in [-0.25, -0.2) is 0 Å². The summed E-state index contributed by atoms with van der Waals surface area (Å²) in [5.74, 6) is -0.737. The molecule has 0 unspecified atom stereocenters. The number of ether oxygens (including phenoxy) is 2. The van der Waals surface area contributed by atoms with Crippen LogP contribution in [0.4, 0.5) is 0 Å². The number of hydrogen-bond acceptors (Lipinski definition) is 5. The number of nitrogens with two attached hydrogens (primary N) is 1. The lowest BCUT2D eigenvalue weighted by Crippen LogP contribution is -2.51. The highest BCUT2D eigenvalue weighted by Gasteiger charge is 2.28. The molecule has 7 nitrogen and oxygen atoms in total. The standard InChI is InChI=1S/C15H21N3O4/c1-2-11-7-10(3-5-17-11)15(20)18-12-8-21-6-4-13(12)22-9-14(16)19/h3,5,7,12-13H,2,4,6,8-9H2,1H3,(H2,16,19)(H,18,20)/t12-,13+/m1/s1. The summed E-state index contributed by atoms with van der Waals surface area (Å²) in [5.41, 5.74) is 6.49. The quantitative estimate of drug-likeness (QED) is 0.772. The largest absolute Gasteiger partial charge is 0.379 e. The first-order chi connectivity index (χ1) is 10.6. The van der Waals surface area contributed by atoms with Gasteiger partial charge >= 0.3 is 0 Å². The predicted molar refractivity (Wildman–Crippen MR) is 79.2 cm³/mol. The van der Waals surface area contributed by atoms with Crippen LogP contribution < -0.4 is 11.1 Å². The zero-order valence-electron chi connectivity index (χ0n) is 12.6. The molecule has 1 aromatic rings. The van der Waals surface area contributed by atoms with E-state index in [1.165, 1.54) is 0 Å². The molecule has 2 atom stereocenters. The van der Waals surface area contributed by atoms with Crippen molar-refractivity contribution in [2.75, 3.05) is 19.8 Å². The molecule has 3 N–H and O–H groups in total. The Morgan fingerprint density at radius 3 is 3.09 bits per heavy atom. The zero-order valence-corrected chi connectivity index (χ0v) is 12.6. The van der Waals surface area contributed by atoms with E-state index in [1.54, 1.807) is 18.3 Å². The number of hydrogen-bond donors (Lipinski definition) is 2. The van der Waals surface area contributed by atoms with Gasteiger partial charge in [-0.2, -0.15) is 0 Å². The highest BCUT2D eigenvalue weighted by molar-refractivity contribution is 5.94. The summed E-state index contributed by atoms with van der Waals surface area (Å²) in [5, 5.41) is 2.89. The number of nitrogens with one attached hydrogen (secondary N) is 1. The van der Waals surface area contributed by atoms with Gasteiger partial charge in [0.2, 0.25) is 5.91 Å². The minimum Gasteiger partial charge on any atom is -0.379 e. The predicted octanol–water partition coefficient (Wildman–Crippen LogP) is 0.0332. The lowest BCUT2D eigenvalue weighted by molar-refractivity contribution is -0.128. The van der Waals surface area contributed by atoms with E-state index >= 15 is 0 Å². The van der Waals surface area contributed by atoms with Crippen LogP contribution >= 0.6 is 0 Å². The normalized spacial score (nSPS) is 21.3. The molecule has 2 rings (SSSR count). The minimum atomic E-state index is -0.529. The molecule has 0 aliphatic carbocycles. The summed E-state index contributed by atoms with van der Waals surface area (Å²) in [7, 11) is 0. The molecule has 22 heavy (non-hydrogen) atoms. The fraction of sp³-hybridized carbons (Fsp3) is 0.533. The minimum absolute atomic E-state index is 0.160. The summed E-state index contributed by atoms with van der Waals surface area (Å²) in [6.45, 7) is 2.70. The van der Waals surface area contributed by atoms with E-state index in [4.69, 9.17) is 15.2 Å². The molecule has 1 fully saturated rings. The number of nitrogens with zero attached hydrogens (tertiary/aromatic N) is 1. The molecule has 2 heterocycles. The molecule has 0 spiro atoms. The first-order valence-electron chi connectivity index (χ1n) is 7.33. The van der Waals surface area contributed by atoms with Gasteiger partial charge in [-0.15, -0.1) is 0 Å². The summed E-state index contributed by atoms with van der Waals surface area (Å²) < 4.78 is 10.8. The number of pyridine rings is 1. The van der Waals surface area contributed by atoms with Crippen LogP contribution in [-0.4, -0.2) is 48.8 Å². The van der Waals surface area contributed by atoms with Crippen molar-refractivity contribution in [3.05, 3.63) is 29.6 Å². The highest BCUT2D eigenvalue weighted by Crippen LogP contribution is 2.13. The van der Waals surface area contributed by atoms with Crippen molar-refractivity contribution >= 4 is 11.8 Å². The summed E-state index contributed by atoms with van der Waals surface area (Å²) >= 11 is 0. The molecular formula is C15H21N3O4. The Labute approximate surface area is 129 Å². The van der Waals surface area contributed by atoms with Gasteiger partial charge in [0.1, 0.15) is 6.61 Å². The Morgan fingerprint density at radius 2 is 2.36 bits per heavy atom. The number of aromatic nitrogens is 1. The number of carbonyl (C=O) groups excluding carboxylic acids is 2. The molecule has 1 aromatic heterocycles. The Kier molecular flexibility index (Phi) is 5.85. The van der Waals surface area contributed by atoms with Gasteiger partial charge in [0.15, 0.2) is 0 Å². The van der Waals surface area contributed by atoms with Crippen molar-refractivity contribution in [1.82, 2.24) is 10.3 Å². The average molecular weight is 307 g/mol. The zero-order chi connectivity index (χ0) is 15.9. The van der Waals surface area contributed by atoms with E-state index in [2.05, 4.69) is 10.3 Å². The van der Waals surface area contributed by atoms with Crippen LogP contribution in [0.3, 0.4) is 0 Å². The molecule has 0 saturated carbocycles. The molecule has 0 bridgehead atoms. The summed E-state index contributed by atoms with van der Waals surface area (Å²) in [6, 6.07) is 3.12. The highest BCUT2D eigenvalue weighted by atomic mass is 16.5. The van der Waals surface area contributed by atoms with Crippen molar-refractivity contribution < 1.29 is 19.1 Å². The van der Waals surface area contributed by atoms with Crippen LogP contribution in [-0.2, 0) is 20.7 Å². The topological polar surface area (TPSA) is 104 Å². The van der Waals surface area contributed by atoms with Crippen LogP contribution in [0.2, 0.25) is 0 Å². The van der Waals surface area contributed by atoms with Crippen LogP contribution in [0.15, 0.2) is 18.3 Å². The van der Waals surface area contributed by atoms with Gasteiger partial charge in [-0.1, -0.05) is 6.92 Å². The van der Waals surface area contributed by atoms with Crippen LogP contribution in [0.25, 0.3) is 0 Å². The van der Waals surface area contributed by atoms with Gasteiger partial charge < -0.3 is 20.5 Å². The summed E-state index contributed by atoms with van der Waals surface area (Å²) in [4.78, 5) is 27.3. The fourth-order valence-electron chi connectivity index (χ4n) is 2.31. The Balaban J connectivity index is 1.99. The Morgan fingerprint density at radius 1 is 1.55 bits per heavy atom. The number of aryl methyl sites for hydroxylation is 1. The molecule has 2 amide bonds. The van der Waals surface area contributed by atoms with Gasteiger partial charge in [0, 0.05) is 24.1 Å². The van der Waals surface area contributed by atoms with Crippen molar-refractivity contribution in [1.29, 1.82) is 0 Å². The smallest absolute Gasteiger partial charge is 0.251 e. The van der Waals surface area contributed by atoms with E-state index < -0.39 is 5.91 Å². The van der Waals surface area contributed by atoms with E-state index in [1.807, 2.05) is 6.92 Å². The Bertz CT molecular complexity index is 535. The van der Waals surface area contributed by atoms with Crippen molar-refractivity contribution in [3.63, 3.8) is 0 Å². The SMILES string of the molecule is CCc1cc(C(=O)N[C@@H]2COCC[C@@H]2OCC(N)=O)ccn1. The van der Waals surface area contributed by atoms with Gasteiger partial charge in [-0.05, 0) is 25.0 Å². The number of carbonyl (C=O) groups is 2. The molecule has 7 heteroatoms. The molecule has 0 radical (unpaired) electrons. The van der Waals surface area contributed by atoms with E-state index in [0.29, 0.717) is 25.2 Å². The second kappa shape index (κ2) is 7.86. The number of primary amides is 1. The molecule has 120 valence electrons. The van der Waals surface area contributed by atoms with Crippen LogP contribution in [0, 0.1) is 0 Å². The third kappa shape index (κ3) is 4.51. The van der Waals surface area contributed by atoms with Crippen LogP contribution in [0.5, 0.6) is 0 Å². The molecule has 0 aromatic carbocycles. The molecule has 1 saturated heterocycles. The average Bonchev–Trinajstić information content (AvgIpc) is 2.54. The van der Waals surface area contributed by atoms with Gasteiger partial charge in [-0.3, -0.25) is 14.6 Å². The third-order valence-electron chi connectivity index (χ3n) is 3.49.